The minimum atomic E-state index is -0.616. The molecule has 0 aromatic heterocycles. The minimum absolute atomic E-state index is 0.152. The zero-order chi connectivity index (χ0) is 16.8. The van der Waals surface area contributed by atoms with Gasteiger partial charge in [-0.05, 0) is 11.1 Å². The van der Waals surface area contributed by atoms with Crippen molar-refractivity contribution in [1.29, 1.82) is 0 Å². The summed E-state index contributed by atoms with van der Waals surface area (Å²) in [7, 11) is 0. The van der Waals surface area contributed by atoms with Gasteiger partial charge < -0.3 is 9.47 Å². The molecule has 1 heterocycles. The van der Waals surface area contributed by atoms with E-state index in [4.69, 9.17) is 9.47 Å². The molecular weight excluding hydrogens is 306 g/mol. The largest absolute Gasteiger partial charge is 0.444 e. The van der Waals surface area contributed by atoms with Gasteiger partial charge in [0.2, 0.25) is 5.91 Å². The van der Waals surface area contributed by atoms with Crippen LogP contribution in [0.3, 0.4) is 0 Å². The Kier molecular flexibility index (Phi) is 5.23. The molecule has 3 rings (SSSR count). The normalized spacial score (nSPS) is 17.1. The zero-order valence-corrected chi connectivity index (χ0v) is 13.3. The Labute approximate surface area is 140 Å². The lowest BCUT2D eigenvalue weighted by atomic mass is 10.2. The number of hydrogen-bond acceptors (Lipinski definition) is 4. The van der Waals surface area contributed by atoms with E-state index in [-0.39, 0.29) is 31.6 Å². The van der Waals surface area contributed by atoms with Crippen LogP contribution in [0.4, 0.5) is 4.79 Å². The molecule has 2 aromatic carbocycles. The first kappa shape index (κ1) is 16.2. The predicted octanol–water partition coefficient (Wildman–Crippen LogP) is 3.14. The maximum absolute atomic E-state index is 12.1. The van der Waals surface area contributed by atoms with Crippen LogP contribution in [0.25, 0.3) is 0 Å². The molecular formula is C19H19NO4. The van der Waals surface area contributed by atoms with Gasteiger partial charge in [0.1, 0.15) is 6.61 Å². The van der Waals surface area contributed by atoms with Crippen LogP contribution in [-0.4, -0.2) is 29.5 Å². The first-order valence-corrected chi connectivity index (χ1v) is 7.89. The Bertz CT molecular complexity index is 687. The Morgan fingerprint density at radius 2 is 1.54 bits per heavy atom. The van der Waals surface area contributed by atoms with E-state index in [0.29, 0.717) is 6.61 Å². The molecule has 1 atom stereocenters. The van der Waals surface area contributed by atoms with E-state index in [1.54, 1.807) is 0 Å². The summed E-state index contributed by atoms with van der Waals surface area (Å²) in [6.45, 7) is 0.809. The summed E-state index contributed by atoms with van der Waals surface area (Å²) < 4.78 is 10.9. The van der Waals surface area contributed by atoms with Crippen molar-refractivity contribution in [2.24, 2.45) is 0 Å². The van der Waals surface area contributed by atoms with Crippen LogP contribution in [0.2, 0.25) is 0 Å². The lowest BCUT2D eigenvalue weighted by molar-refractivity contribution is -0.126. The van der Waals surface area contributed by atoms with Gasteiger partial charge in [-0.1, -0.05) is 60.7 Å². The van der Waals surface area contributed by atoms with Gasteiger partial charge in [0.25, 0.3) is 0 Å². The van der Waals surface area contributed by atoms with Gasteiger partial charge in [-0.15, -0.1) is 0 Å². The van der Waals surface area contributed by atoms with E-state index in [2.05, 4.69) is 0 Å². The topological polar surface area (TPSA) is 55.8 Å². The van der Waals surface area contributed by atoms with Crippen molar-refractivity contribution in [3.63, 3.8) is 0 Å². The molecule has 5 heteroatoms. The first-order valence-electron chi connectivity index (χ1n) is 7.89. The van der Waals surface area contributed by atoms with Crippen molar-refractivity contribution < 1.29 is 19.1 Å². The highest BCUT2D eigenvalue weighted by atomic mass is 16.6. The molecule has 0 bridgehead atoms. The fourth-order valence-electron chi connectivity index (χ4n) is 2.55. The van der Waals surface area contributed by atoms with E-state index in [9.17, 15) is 9.59 Å². The summed E-state index contributed by atoms with van der Waals surface area (Å²) in [6.07, 6.45) is -0.704. The average molecular weight is 325 g/mol. The fraction of sp³-hybridized carbons (Fsp3) is 0.263. The van der Waals surface area contributed by atoms with Gasteiger partial charge in [-0.25, -0.2) is 9.69 Å². The SMILES string of the molecule is O=C1CC(OCc2ccccc2)CN1C(=O)OCc1ccccc1. The van der Waals surface area contributed by atoms with E-state index in [0.717, 1.165) is 16.0 Å². The maximum Gasteiger partial charge on any atom is 0.416 e. The second kappa shape index (κ2) is 7.75. The van der Waals surface area contributed by atoms with Crippen LogP contribution in [0, 0.1) is 0 Å². The van der Waals surface area contributed by atoms with Crippen molar-refractivity contribution in [3.05, 3.63) is 71.8 Å². The molecule has 24 heavy (non-hydrogen) atoms. The second-order valence-electron chi connectivity index (χ2n) is 5.67. The Morgan fingerprint density at radius 1 is 0.958 bits per heavy atom. The summed E-state index contributed by atoms with van der Waals surface area (Å²) in [5.74, 6) is -0.258. The van der Waals surface area contributed by atoms with Crippen molar-refractivity contribution in [3.8, 4) is 0 Å². The van der Waals surface area contributed by atoms with E-state index in [1.807, 2.05) is 60.7 Å². The number of benzene rings is 2. The number of likely N-dealkylation sites (tertiary alicyclic amines) is 1. The highest BCUT2D eigenvalue weighted by molar-refractivity contribution is 5.94. The van der Waals surface area contributed by atoms with E-state index in [1.165, 1.54) is 0 Å². The Morgan fingerprint density at radius 3 is 2.17 bits per heavy atom. The molecule has 0 saturated carbocycles. The maximum atomic E-state index is 12.1. The monoisotopic (exact) mass is 325 g/mol. The number of nitrogens with zero attached hydrogens (tertiary/aromatic N) is 1. The van der Waals surface area contributed by atoms with Crippen molar-refractivity contribution in [2.75, 3.05) is 6.54 Å². The number of ether oxygens (including phenoxy) is 2. The number of carbonyl (C=O) groups excluding carboxylic acids is 2. The molecule has 1 aliphatic heterocycles. The number of amides is 2. The van der Waals surface area contributed by atoms with Crippen LogP contribution in [0.15, 0.2) is 60.7 Å². The molecule has 0 N–H and O–H groups in total. The molecule has 1 saturated heterocycles. The van der Waals surface area contributed by atoms with Gasteiger partial charge in [0, 0.05) is 0 Å². The second-order valence-corrected chi connectivity index (χ2v) is 5.67. The highest BCUT2D eigenvalue weighted by Crippen LogP contribution is 2.17. The van der Waals surface area contributed by atoms with Gasteiger partial charge in [-0.2, -0.15) is 0 Å². The number of rotatable bonds is 5. The third kappa shape index (κ3) is 4.20. The lowest BCUT2D eigenvalue weighted by Crippen LogP contribution is -2.33. The first-order chi connectivity index (χ1) is 11.7. The van der Waals surface area contributed by atoms with Crippen LogP contribution in [0.5, 0.6) is 0 Å². The summed E-state index contributed by atoms with van der Waals surface area (Å²) >= 11 is 0. The highest BCUT2D eigenvalue weighted by Gasteiger charge is 2.35. The minimum Gasteiger partial charge on any atom is -0.444 e. The molecule has 1 fully saturated rings. The fourth-order valence-corrected chi connectivity index (χ4v) is 2.55. The standard InChI is InChI=1S/C19H19NO4/c21-18-11-17(23-13-15-7-3-1-4-8-15)12-20(18)19(22)24-14-16-9-5-2-6-10-16/h1-10,17H,11-14H2. The number of hydrogen-bond donors (Lipinski definition) is 0. The smallest absolute Gasteiger partial charge is 0.416 e. The van der Waals surface area contributed by atoms with Gasteiger partial charge in [0.05, 0.1) is 25.7 Å². The van der Waals surface area contributed by atoms with Crippen LogP contribution in [-0.2, 0) is 27.5 Å². The quantitative estimate of drug-likeness (QED) is 0.847. The molecule has 0 radical (unpaired) electrons. The van der Waals surface area contributed by atoms with Crippen LogP contribution < -0.4 is 0 Å². The molecule has 1 aliphatic rings. The van der Waals surface area contributed by atoms with Gasteiger partial charge in [-0.3, -0.25) is 4.79 Å². The van der Waals surface area contributed by atoms with Crippen LogP contribution in [0.1, 0.15) is 17.5 Å². The third-order valence-corrected chi connectivity index (χ3v) is 3.84. The molecule has 0 aliphatic carbocycles. The summed E-state index contributed by atoms with van der Waals surface area (Å²) in [5, 5.41) is 0. The molecule has 124 valence electrons. The summed E-state index contributed by atoms with van der Waals surface area (Å²) in [5.41, 5.74) is 1.92. The number of imide groups is 1. The predicted molar refractivity (Wildman–Crippen MR) is 88.0 cm³/mol. The third-order valence-electron chi connectivity index (χ3n) is 3.84. The molecule has 5 nitrogen and oxygen atoms in total. The molecule has 2 amide bonds. The van der Waals surface area contributed by atoms with E-state index >= 15 is 0 Å². The number of carbonyl (C=O) groups is 2. The van der Waals surface area contributed by atoms with Crippen molar-refractivity contribution in [1.82, 2.24) is 4.90 Å². The molecule has 1 unspecified atom stereocenters. The Balaban J connectivity index is 1.48. The summed E-state index contributed by atoms with van der Waals surface area (Å²) in [4.78, 5) is 25.2. The Hall–Kier alpha value is -2.66. The molecule has 0 spiro atoms. The van der Waals surface area contributed by atoms with Gasteiger partial charge in [0.15, 0.2) is 0 Å². The lowest BCUT2D eigenvalue weighted by Gasteiger charge is -2.15. The molecule has 2 aromatic rings. The van der Waals surface area contributed by atoms with Crippen molar-refractivity contribution >= 4 is 12.0 Å². The van der Waals surface area contributed by atoms with E-state index < -0.39 is 6.09 Å². The van der Waals surface area contributed by atoms with Gasteiger partial charge >= 0.3 is 6.09 Å². The zero-order valence-electron chi connectivity index (χ0n) is 13.3. The average Bonchev–Trinajstić information content (AvgIpc) is 3.00. The van der Waals surface area contributed by atoms with Crippen LogP contribution >= 0.6 is 0 Å². The summed E-state index contributed by atoms with van der Waals surface area (Å²) in [6, 6.07) is 19.1. The van der Waals surface area contributed by atoms with Crippen molar-refractivity contribution in [2.45, 2.75) is 25.7 Å².